The van der Waals surface area contributed by atoms with Gasteiger partial charge in [0.1, 0.15) is 5.75 Å². The van der Waals surface area contributed by atoms with Gasteiger partial charge in [-0.1, -0.05) is 57.7 Å². The van der Waals surface area contributed by atoms with E-state index in [2.05, 4.69) is 37.4 Å². The molecular weight excluding hydrogens is 246 g/mol. The van der Waals surface area contributed by atoms with Gasteiger partial charge in [-0.3, -0.25) is 0 Å². The van der Waals surface area contributed by atoms with Gasteiger partial charge in [-0.15, -0.1) is 0 Å². The number of hydrogen-bond donors (Lipinski definition) is 1. The number of para-hydroxylation sites is 1. The molecular formula is C18H29NO. The zero-order valence-electron chi connectivity index (χ0n) is 13.1. The van der Waals surface area contributed by atoms with Gasteiger partial charge in [-0.05, 0) is 31.4 Å². The molecule has 2 nitrogen and oxygen atoms in total. The number of ether oxygens (including phenoxy) is 1. The highest BCUT2D eigenvalue weighted by Crippen LogP contribution is 2.34. The van der Waals surface area contributed by atoms with Crippen LogP contribution in [0.15, 0.2) is 18.2 Å². The van der Waals surface area contributed by atoms with Crippen molar-refractivity contribution in [3.05, 3.63) is 29.3 Å². The van der Waals surface area contributed by atoms with Crippen LogP contribution < -0.4 is 10.1 Å². The Morgan fingerprint density at radius 2 is 2.10 bits per heavy atom. The van der Waals surface area contributed by atoms with Gasteiger partial charge in [-0.25, -0.2) is 0 Å². The van der Waals surface area contributed by atoms with Crippen molar-refractivity contribution in [3.8, 4) is 5.75 Å². The summed E-state index contributed by atoms with van der Waals surface area (Å²) in [6.45, 7) is 6.35. The molecule has 1 atom stereocenters. The van der Waals surface area contributed by atoms with E-state index in [1.807, 2.05) is 0 Å². The lowest BCUT2D eigenvalue weighted by Gasteiger charge is -2.25. The highest BCUT2D eigenvalue weighted by molar-refractivity contribution is 5.44. The minimum Gasteiger partial charge on any atom is -0.493 e. The fraction of sp³-hybridized carbons (Fsp3) is 0.667. The van der Waals surface area contributed by atoms with E-state index >= 15 is 0 Å². The molecule has 1 aromatic rings. The van der Waals surface area contributed by atoms with Gasteiger partial charge >= 0.3 is 0 Å². The second kappa shape index (κ2) is 8.31. The molecule has 0 saturated heterocycles. The number of nitrogens with one attached hydrogen (secondary N) is 1. The van der Waals surface area contributed by atoms with Gasteiger partial charge < -0.3 is 10.1 Å². The normalized spacial score (nSPS) is 15.5. The second-order valence-corrected chi connectivity index (χ2v) is 5.75. The maximum atomic E-state index is 5.97. The van der Waals surface area contributed by atoms with E-state index in [0.717, 1.165) is 26.0 Å². The third-order valence-electron chi connectivity index (χ3n) is 4.14. The first kappa shape index (κ1) is 15.4. The van der Waals surface area contributed by atoms with Crippen molar-refractivity contribution in [2.75, 3.05) is 13.2 Å². The minimum absolute atomic E-state index is 0.449. The molecule has 0 saturated carbocycles. The second-order valence-electron chi connectivity index (χ2n) is 5.75. The highest BCUT2D eigenvalue weighted by atomic mass is 16.5. The average molecular weight is 275 g/mol. The van der Waals surface area contributed by atoms with Crippen molar-refractivity contribution in [1.29, 1.82) is 0 Å². The molecule has 1 aliphatic heterocycles. The van der Waals surface area contributed by atoms with Crippen molar-refractivity contribution in [1.82, 2.24) is 5.32 Å². The zero-order valence-corrected chi connectivity index (χ0v) is 13.1. The monoisotopic (exact) mass is 275 g/mol. The third kappa shape index (κ3) is 3.99. The fourth-order valence-corrected chi connectivity index (χ4v) is 3.08. The number of fused-ring (bicyclic) bond motifs is 1. The summed E-state index contributed by atoms with van der Waals surface area (Å²) in [4.78, 5) is 0. The van der Waals surface area contributed by atoms with Crippen LogP contribution in [0.25, 0.3) is 0 Å². The molecule has 1 aromatic carbocycles. The summed E-state index contributed by atoms with van der Waals surface area (Å²) in [5.41, 5.74) is 2.77. The molecule has 0 radical (unpaired) electrons. The molecule has 0 fully saturated rings. The number of hydrogen-bond acceptors (Lipinski definition) is 2. The molecule has 0 bridgehead atoms. The van der Waals surface area contributed by atoms with Crippen LogP contribution in [-0.2, 0) is 6.42 Å². The predicted molar refractivity (Wildman–Crippen MR) is 85.4 cm³/mol. The average Bonchev–Trinajstić information content (AvgIpc) is 2.50. The molecule has 1 unspecified atom stereocenters. The van der Waals surface area contributed by atoms with Crippen LogP contribution in [0.2, 0.25) is 0 Å². The summed E-state index contributed by atoms with van der Waals surface area (Å²) >= 11 is 0. The molecule has 0 spiro atoms. The quantitative estimate of drug-likeness (QED) is 0.698. The van der Waals surface area contributed by atoms with E-state index in [1.165, 1.54) is 49.0 Å². The van der Waals surface area contributed by atoms with E-state index in [-0.39, 0.29) is 0 Å². The molecule has 2 rings (SSSR count). The Morgan fingerprint density at radius 3 is 2.90 bits per heavy atom. The summed E-state index contributed by atoms with van der Waals surface area (Å²) < 4.78 is 5.97. The predicted octanol–water partition coefficient (Wildman–Crippen LogP) is 4.63. The lowest BCUT2D eigenvalue weighted by atomic mass is 9.94. The Balaban J connectivity index is 2.08. The van der Waals surface area contributed by atoms with E-state index in [4.69, 9.17) is 4.74 Å². The summed E-state index contributed by atoms with van der Waals surface area (Å²) in [5, 5.41) is 3.65. The van der Waals surface area contributed by atoms with Gasteiger partial charge in [0.05, 0.1) is 6.61 Å². The topological polar surface area (TPSA) is 21.3 Å². The van der Waals surface area contributed by atoms with Crippen LogP contribution >= 0.6 is 0 Å². The standard InChI is InChI=1S/C18H29NO/c1-3-5-6-7-13-17(19-4-2)16-12-8-10-15-11-9-14-20-18(15)16/h8,10,12,17,19H,3-7,9,11,13-14H2,1-2H3. The Kier molecular flexibility index (Phi) is 6.38. The zero-order chi connectivity index (χ0) is 14.2. The fourth-order valence-electron chi connectivity index (χ4n) is 3.08. The van der Waals surface area contributed by atoms with Crippen molar-refractivity contribution < 1.29 is 4.74 Å². The summed E-state index contributed by atoms with van der Waals surface area (Å²) in [6, 6.07) is 7.11. The first-order valence-corrected chi connectivity index (χ1v) is 8.34. The van der Waals surface area contributed by atoms with Gasteiger partial charge in [0.25, 0.3) is 0 Å². The number of benzene rings is 1. The molecule has 20 heavy (non-hydrogen) atoms. The highest BCUT2D eigenvalue weighted by Gasteiger charge is 2.20. The number of unbranched alkanes of at least 4 members (excludes halogenated alkanes) is 3. The van der Waals surface area contributed by atoms with Crippen LogP contribution in [0.3, 0.4) is 0 Å². The molecule has 1 aliphatic rings. The number of rotatable bonds is 8. The van der Waals surface area contributed by atoms with Crippen LogP contribution in [0.1, 0.15) is 69.5 Å². The molecule has 0 aromatic heterocycles. The van der Waals surface area contributed by atoms with Crippen molar-refractivity contribution in [2.45, 2.75) is 64.8 Å². The summed E-state index contributed by atoms with van der Waals surface area (Å²) in [5.74, 6) is 1.17. The Bertz CT molecular complexity index is 402. The Hall–Kier alpha value is -1.02. The van der Waals surface area contributed by atoms with E-state index in [1.54, 1.807) is 0 Å². The molecule has 2 heteroatoms. The van der Waals surface area contributed by atoms with E-state index in [9.17, 15) is 0 Å². The van der Waals surface area contributed by atoms with Crippen LogP contribution in [0.5, 0.6) is 5.75 Å². The molecule has 1 heterocycles. The lowest BCUT2D eigenvalue weighted by Crippen LogP contribution is -2.23. The Morgan fingerprint density at radius 1 is 1.20 bits per heavy atom. The Labute approximate surface area is 123 Å². The molecule has 0 amide bonds. The first-order chi connectivity index (χ1) is 9.86. The van der Waals surface area contributed by atoms with Crippen molar-refractivity contribution in [3.63, 3.8) is 0 Å². The van der Waals surface area contributed by atoms with Crippen LogP contribution in [-0.4, -0.2) is 13.2 Å². The number of aryl methyl sites for hydroxylation is 1. The molecule has 1 N–H and O–H groups in total. The van der Waals surface area contributed by atoms with Crippen LogP contribution in [0.4, 0.5) is 0 Å². The smallest absolute Gasteiger partial charge is 0.127 e. The maximum absolute atomic E-state index is 5.97. The van der Waals surface area contributed by atoms with E-state index < -0.39 is 0 Å². The lowest BCUT2D eigenvalue weighted by molar-refractivity contribution is 0.280. The first-order valence-electron chi connectivity index (χ1n) is 8.34. The maximum Gasteiger partial charge on any atom is 0.127 e. The third-order valence-corrected chi connectivity index (χ3v) is 4.14. The summed E-state index contributed by atoms with van der Waals surface area (Å²) in [6.07, 6.45) is 8.83. The van der Waals surface area contributed by atoms with Crippen LogP contribution in [0, 0.1) is 0 Å². The van der Waals surface area contributed by atoms with Crippen molar-refractivity contribution in [2.24, 2.45) is 0 Å². The van der Waals surface area contributed by atoms with E-state index in [0.29, 0.717) is 6.04 Å². The van der Waals surface area contributed by atoms with Crippen molar-refractivity contribution >= 4 is 0 Å². The molecule has 0 aliphatic carbocycles. The van der Waals surface area contributed by atoms with Gasteiger partial charge in [0.15, 0.2) is 0 Å². The SMILES string of the molecule is CCCCCCC(NCC)c1cccc2c1OCCC2. The largest absolute Gasteiger partial charge is 0.493 e. The van der Waals surface area contributed by atoms with Gasteiger partial charge in [-0.2, -0.15) is 0 Å². The molecule has 112 valence electrons. The minimum atomic E-state index is 0.449. The van der Waals surface area contributed by atoms with Gasteiger partial charge in [0, 0.05) is 11.6 Å². The van der Waals surface area contributed by atoms with Gasteiger partial charge in [0.2, 0.25) is 0 Å². The summed E-state index contributed by atoms with van der Waals surface area (Å²) in [7, 11) is 0.